The van der Waals surface area contributed by atoms with Crippen molar-refractivity contribution in [2.24, 2.45) is 13.0 Å². The molecule has 0 unspecified atom stereocenters. The molecule has 0 N–H and O–H groups in total. The van der Waals surface area contributed by atoms with Gasteiger partial charge in [-0.1, -0.05) is 0 Å². The van der Waals surface area contributed by atoms with E-state index in [1.165, 1.54) is 0 Å². The van der Waals surface area contributed by atoms with E-state index in [1.54, 1.807) is 23.9 Å². The van der Waals surface area contributed by atoms with E-state index in [1.807, 2.05) is 16.8 Å². The van der Waals surface area contributed by atoms with Crippen LogP contribution in [0.4, 0.5) is 0 Å². The molecule has 0 saturated carbocycles. The van der Waals surface area contributed by atoms with E-state index in [0.717, 1.165) is 51.7 Å². The quantitative estimate of drug-likeness (QED) is 0.760. The minimum absolute atomic E-state index is 0.0199. The van der Waals surface area contributed by atoms with Crippen molar-refractivity contribution >= 4 is 11.8 Å². The summed E-state index contributed by atoms with van der Waals surface area (Å²) in [7, 11) is 5.87. The van der Waals surface area contributed by atoms with E-state index >= 15 is 0 Å². The van der Waals surface area contributed by atoms with Gasteiger partial charge >= 0.3 is 0 Å². The Morgan fingerprint density at radius 3 is 2.59 bits per heavy atom. The van der Waals surface area contributed by atoms with Crippen LogP contribution in [0.3, 0.4) is 0 Å². The highest BCUT2D eigenvalue weighted by atomic mass is 16.2. The van der Waals surface area contributed by atoms with Crippen LogP contribution >= 0.6 is 0 Å². The van der Waals surface area contributed by atoms with Crippen molar-refractivity contribution < 1.29 is 9.59 Å². The van der Waals surface area contributed by atoms with Crippen molar-refractivity contribution in [2.45, 2.75) is 44.6 Å². The van der Waals surface area contributed by atoms with Gasteiger partial charge in [-0.3, -0.25) is 9.59 Å². The average Bonchev–Trinajstić information content (AvgIpc) is 3.12. The number of aromatic nitrogens is 1. The summed E-state index contributed by atoms with van der Waals surface area (Å²) in [5.41, 5.74) is 1.06. The van der Waals surface area contributed by atoms with Crippen LogP contribution in [0.25, 0.3) is 0 Å². The maximum Gasteiger partial charge on any atom is 0.270 e. The summed E-state index contributed by atoms with van der Waals surface area (Å²) in [4.78, 5) is 31.7. The highest BCUT2D eigenvalue weighted by molar-refractivity contribution is 5.93. The number of amides is 2. The largest absolute Gasteiger partial charge is 0.345 e. The molecule has 3 heterocycles. The summed E-state index contributed by atoms with van der Waals surface area (Å²) in [6.07, 6.45) is 7.19. The molecule has 2 saturated heterocycles. The zero-order valence-electron chi connectivity index (χ0n) is 17.9. The summed E-state index contributed by atoms with van der Waals surface area (Å²) in [5.74, 6) is 0.566. The van der Waals surface area contributed by atoms with Gasteiger partial charge in [-0.05, 0) is 64.2 Å². The highest BCUT2D eigenvalue weighted by Crippen LogP contribution is 2.24. The first-order valence-corrected chi connectivity index (χ1v) is 10.7. The maximum atomic E-state index is 12.9. The molecule has 0 aliphatic carbocycles. The maximum absolute atomic E-state index is 12.9. The first-order valence-electron chi connectivity index (χ1n) is 10.7. The van der Waals surface area contributed by atoms with Gasteiger partial charge in [0.1, 0.15) is 11.8 Å². The van der Waals surface area contributed by atoms with Crippen LogP contribution in [0.5, 0.6) is 0 Å². The molecule has 3 rings (SSSR count). The van der Waals surface area contributed by atoms with Gasteiger partial charge in [0.2, 0.25) is 5.91 Å². The first kappa shape index (κ1) is 21.4. The van der Waals surface area contributed by atoms with Crippen LogP contribution in [-0.4, -0.2) is 77.4 Å². The molecule has 0 radical (unpaired) electrons. The monoisotopic (exact) mass is 399 g/mol. The fourth-order valence-corrected chi connectivity index (χ4v) is 4.58. The molecule has 1 atom stereocenters. The first-order chi connectivity index (χ1) is 13.9. The van der Waals surface area contributed by atoms with Crippen molar-refractivity contribution in [2.75, 3.05) is 40.3 Å². The Morgan fingerprint density at radius 2 is 1.93 bits per heavy atom. The van der Waals surface area contributed by atoms with Gasteiger partial charge in [0.15, 0.2) is 0 Å². The number of carbonyl (C=O) groups is 2. The molecule has 7 nitrogen and oxygen atoms in total. The molecular weight excluding hydrogens is 366 g/mol. The second kappa shape index (κ2) is 9.45. The van der Waals surface area contributed by atoms with Crippen LogP contribution in [0, 0.1) is 17.2 Å². The Balaban J connectivity index is 1.50. The molecule has 1 aromatic heterocycles. The van der Waals surface area contributed by atoms with Crippen LogP contribution in [0.1, 0.15) is 54.6 Å². The molecule has 2 aliphatic heterocycles. The lowest BCUT2D eigenvalue weighted by Gasteiger charge is -2.36. The van der Waals surface area contributed by atoms with Crippen molar-refractivity contribution in [3.05, 3.63) is 23.5 Å². The molecule has 2 amide bonds. The zero-order chi connectivity index (χ0) is 21.0. The molecule has 1 aromatic rings. The molecule has 2 aliphatic rings. The number of piperidine rings is 2. The second-order valence-electron chi connectivity index (χ2n) is 8.67. The van der Waals surface area contributed by atoms with E-state index in [4.69, 9.17) is 5.26 Å². The average molecular weight is 400 g/mol. The third-order valence-electron chi connectivity index (χ3n) is 6.56. The number of hydrogen-bond donors (Lipinski definition) is 0. The fraction of sp³-hybridized carbons (Fsp3) is 0.682. The molecule has 2 fully saturated rings. The minimum atomic E-state index is -0.0199. The van der Waals surface area contributed by atoms with Crippen LogP contribution in [0.2, 0.25) is 0 Å². The predicted octanol–water partition coefficient (Wildman–Crippen LogP) is 2.08. The molecule has 7 heteroatoms. The summed E-state index contributed by atoms with van der Waals surface area (Å²) < 4.78 is 1.73. The summed E-state index contributed by atoms with van der Waals surface area (Å²) in [6, 6.07) is 4.11. The number of aryl methyl sites for hydroxylation is 1. The van der Waals surface area contributed by atoms with Crippen LogP contribution in [-0.2, 0) is 11.8 Å². The van der Waals surface area contributed by atoms with Gasteiger partial charge < -0.3 is 19.3 Å². The van der Waals surface area contributed by atoms with Crippen molar-refractivity contribution in [1.82, 2.24) is 19.3 Å². The topological polar surface area (TPSA) is 72.6 Å². The number of nitriles is 1. The molecule has 0 bridgehead atoms. The SMILES string of the molecule is CN1CCC(N(C)C(=O)CC[C@@H]2CCCN(C(=O)c3cc(C#N)cn3C)C2)CC1. The number of hydrogen-bond acceptors (Lipinski definition) is 4. The van der Waals surface area contributed by atoms with E-state index in [0.29, 0.717) is 36.2 Å². The normalized spacial score (nSPS) is 21.0. The molecule has 0 aromatic carbocycles. The van der Waals surface area contributed by atoms with Crippen LogP contribution in [0.15, 0.2) is 12.3 Å². The lowest BCUT2D eigenvalue weighted by Crippen LogP contribution is -2.45. The van der Waals surface area contributed by atoms with Crippen LogP contribution < -0.4 is 0 Å². The number of likely N-dealkylation sites (tertiary alicyclic amines) is 2. The Hall–Kier alpha value is -2.33. The summed E-state index contributed by atoms with van der Waals surface area (Å²) >= 11 is 0. The van der Waals surface area contributed by atoms with E-state index in [2.05, 4.69) is 18.0 Å². The lowest BCUT2D eigenvalue weighted by atomic mass is 9.92. The predicted molar refractivity (Wildman–Crippen MR) is 111 cm³/mol. The standard InChI is InChI=1S/C22H33N5O2/c1-24-11-8-19(9-12-24)26(3)21(28)7-6-17-5-4-10-27(16-17)22(29)20-13-18(14-23)15-25(20)2/h13,15,17,19H,4-12,16H2,1-3H3/t17-/m0/s1. The molecular formula is C22H33N5O2. The number of carbonyl (C=O) groups excluding carboxylic acids is 2. The third kappa shape index (κ3) is 5.18. The minimum Gasteiger partial charge on any atom is -0.345 e. The van der Waals surface area contributed by atoms with Gasteiger partial charge in [0.25, 0.3) is 5.91 Å². The second-order valence-corrected chi connectivity index (χ2v) is 8.67. The van der Waals surface area contributed by atoms with Crippen molar-refractivity contribution in [1.29, 1.82) is 5.26 Å². The molecule has 29 heavy (non-hydrogen) atoms. The van der Waals surface area contributed by atoms with E-state index < -0.39 is 0 Å². The van der Waals surface area contributed by atoms with Gasteiger partial charge in [0.05, 0.1) is 5.56 Å². The van der Waals surface area contributed by atoms with E-state index in [9.17, 15) is 9.59 Å². The third-order valence-corrected chi connectivity index (χ3v) is 6.56. The molecule has 158 valence electrons. The Labute approximate surface area is 173 Å². The summed E-state index contributed by atoms with van der Waals surface area (Å²) in [6.45, 7) is 3.53. The van der Waals surface area contributed by atoms with Crippen molar-refractivity contribution in [3.8, 4) is 6.07 Å². The number of nitrogens with zero attached hydrogens (tertiary/aromatic N) is 5. The van der Waals surface area contributed by atoms with Gasteiger partial charge in [0, 0.05) is 45.8 Å². The summed E-state index contributed by atoms with van der Waals surface area (Å²) in [5, 5.41) is 9.06. The van der Waals surface area contributed by atoms with Crippen molar-refractivity contribution in [3.63, 3.8) is 0 Å². The number of rotatable bonds is 5. The Kier molecular flexibility index (Phi) is 6.96. The Bertz CT molecular complexity index is 773. The van der Waals surface area contributed by atoms with Gasteiger partial charge in [-0.25, -0.2) is 0 Å². The smallest absolute Gasteiger partial charge is 0.270 e. The Morgan fingerprint density at radius 1 is 1.21 bits per heavy atom. The van der Waals surface area contributed by atoms with Gasteiger partial charge in [-0.15, -0.1) is 0 Å². The highest BCUT2D eigenvalue weighted by Gasteiger charge is 2.28. The lowest BCUT2D eigenvalue weighted by molar-refractivity contribution is -0.133. The zero-order valence-corrected chi connectivity index (χ0v) is 17.9. The molecule has 0 spiro atoms. The van der Waals surface area contributed by atoms with Gasteiger partial charge in [-0.2, -0.15) is 5.26 Å². The fourth-order valence-electron chi connectivity index (χ4n) is 4.58. The van der Waals surface area contributed by atoms with E-state index in [-0.39, 0.29) is 11.8 Å².